The SMILES string of the molecule is Nc1ccnc2c(CC3CCCCN3)cnn12. The second-order valence-electron chi connectivity index (χ2n) is 4.63. The summed E-state index contributed by atoms with van der Waals surface area (Å²) < 4.78 is 1.71. The normalized spacial score (nSPS) is 20.8. The number of nitrogen functional groups attached to an aromatic ring is 1. The summed E-state index contributed by atoms with van der Waals surface area (Å²) in [6.07, 6.45) is 8.45. The van der Waals surface area contributed by atoms with Gasteiger partial charge < -0.3 is 11.1 Å². The third-order valence-corrected chi connectivity index (χ3v) is 3.38. The first kappa shape index (κ1) is 10.5. The molecule has 0 saturated carbocycles. The van der Waals surface area contributed by atoms with E-state index in [0.717, 1.165) is 18.6 Å². The van der Waals surface area contributed by atoms with Crippen LogP contribution in [0, 0.1) is 0 Å². The van der Waals surface area contributed by atoms with Gasteiger partial charge in [0, 0.05) is 17.8 Å². The fourth-order valence-corrected chi connectivity index (χ4v) is 2.46. The summed E-state index contributed by atoms with van der Waals surface area (Å²) in [4.78, 5) is 4.36. The number of aromatic nitrogens is 3. The molecule has 1 aliphatic rings. The zero-order valence-electron chi connectivity index (χ0n) is 9.76. The Hall–Kier alpha value is -1.62. The minimum Gasteiger partial charge on any atom is -0.384 e. The molecule has 1 atom stereocenters. The molecule has 1 unspecified atom stereocenters. The van der Waals surface area contributed by atoms with Gasteiger partial charge >= 0.3 is 0 Å². The van der Waals surface area contributed by atoms with E-state index in [4.69, 9.17) is 5.73 Å². The van der Waals surface area contributed by atoms with Gasteiger partial charge in [0.2, 0.25) is 0 Å². The highest BCUT2D eigenvalue weighted by atomic mass is 15.3. The first-order chi connectivity index (χ1) is 8.34. The van der Waals surface area contributed by atoms with Gasteiger partial charge in [0.1, 0.15) is 5.82 Å². The molecule has 1 saturated heterocycles. The molecule has 3 rings (SSSR count). The van der Waals surface area contributed by atoms with E-state index in [1.54, 1.807) is 16.8 Å². The van der Waals surface area contributed by atoms with Crippen LogP contribution in [0.2, 0.25) is 0 Å². The lowest BCUT2D eigenvalue weighted by atomic mass is 9.99. The molecular weight excluding hydrogens is 214 g/mol. The summed E-state index contributed by atoms with van der Waals surface area (Å²) >= 11 is 0. The van der Waals surface area contributed by atoms with E-state index in [1.807, 2.05) is 6.20 Å². The summed E-state index contributed by atoms with van der Waals surface area (Å²) in [6, 6.07) is 2.32. The predicted molar refractivity (Wildman–Crippen MR) is 66.7 cm³/mol. The Morgan fingerprint density at radius 2 is 2.41 bits per heavy atom. The molecule has 1 fully saturated rings. The number of hydrogen-bond acceptors (Lipinski definition) is 4. The number of nitrogens with zero attached hydrogens (tertiary/aromatic N) is 3. The van der Waals surface area contributed by atoms with Crippen molar-refractivity contribution in [2.45, 2.75) is 31.7 Å². The van der Waals surface area contributed by atoms with E-state index in [0.29, 0.717) is 11.9 Å². The highest BCUT2D eigenvalue weighted by molar-refractivity contribution is 5.51. The highest BCUT2D eigenvalue weighted by Crippen LogP contribution is 2.16. The third kappa shape index (κ3) is 1.98. The molecule has 0 radical (unpaired) electrons. The van der Waals surface area contributed by atoms with Crippen molar-refractivity contribution in [1.29, 1.82) is 0 Å². The number of anilines is 1. The molecule has 3 heterocycles. The highest BCUT2D eigenvalue weighted by Gasteiger charge is 2.16. The number of fused-ring (bicyclic) bond motifs is 1. The van der Waals surface area contributed by atoms with Crippen molar-refractivity contribution in [2.75, 3.05) is 12.3 Å². The van der Waals surface area contributed by atoms with Gasteiger partial charge in [-0.3, -0.25) is 0 Å². The molecule has 5 heteroatoms. The van der Waals surface area contributed by atoms with Crippen LogP contribution >= 0.6 is 0 Å². The van der Waals surface area contributed by atoms with Gasteiger partial charge in [-0.15, -0.1) is 0 Å². The fraction of sp³-hybridized carbons (Fsp3) is 0.500. The predicted octanol–water partition coefficient (Wildman–Crippen LogP) is 0.996. The molecule has 2 aromatic heterocycles. The van der Waals surface area contributed by atoms with E-state index >= 15 is 0 Å². The Balaban J connectivity index is 1.87. The Bertz CT molecular complexity index is 513. The van der Waals surface area contributed by atoms with Crippen LogP contribution in [0.5, 0.6) is 0 Å². The van der Waals surface area contributed by atoms with Crippen LogP contribution in [0.3, 0.4) is 0 Å². The summed E-state index contributed by atoms with van der Waals surface area (Å²) in [5.74, 6) is 0.637. The Morgan fingerprint density at radius 1 is 1.47 bits per heavy atom. The molecule has 0 bridgehead atoms. The molecule has 5 nitrogen and oxygen atoms in total. The molecule has 1 aliphatic heterocycles. The summed E-state index contributed by atoms with van der Waals surface area (Å²) in [6.45, 7) is 1.12. The lowest BCUT2D eigenvalue weighted by molar-refractivity contribution is 0.400. The molecule has 90 valence electrons. The minimum absolute atomic E-state index is 0.556. The zero-order chi connectivity index (χ0) is 11.7. The Morgan fingerprint density at radius 3 is 3.24 bits per heavy atom. The first-order valence-electron chi connectivity index (χ1n) is 6.15. The molecule has 2 aromatic rings. The lowest BCUT2D eigenvalue weighted by Crippen LogP contribution is -2.35. The smallest absolute Gasteiger partial charge is 0.160 e. The van der Waals surface area contributed by atoms with Gasteiger partial charge in [0.05, 0.1) is 6.20 Å². The molecule has 17 heavy (non-hydrogen) atoms. The van der Waals surface area contributed by atoms with Crippen LogP contribution in [-0.2, 0) is 6.42 Å². The number of piperidine rings is 1. The number of nitrogens with one attached hydrogen (secondary N) is 1. The monoisotopic (exact) mass is 231 g/mol. The maximum absolute atomic E-state index is 5.85. The van der Waals surface area contributed by atoms with Crippen molar-refractivity contribution in [3.63, 3.8) is 0 Å². The maximum atomic E-state index is 5.85. The van der Waals surface area contributed by atoms with Crippen molar-refractivity contribution in [2.24, 2.45) is 0 Å². The molecular formula is C12H17N5. The van der Waals surface area contributed by atoms with Gasteiger partial charge in [-0.1, -0.05) is 6.42 Å². The van der Waals surface area contributed by atoms with Crippen LogP contribution in [0.25, 0.3) is 5.65 Å². The van der Waals surface area contributed by atoms with Crippen molar-refractivity contribution in [3.05, 3.63) is 24.0 Å². The zero-order valence-corrected chi connectivity index (χ0v) is 9.76. The van der Waals surface area contributed by atoms with E-state index in [9.17, 15) is 0 Å². The van der Waals surface area contributed by atoms with Gasteiger partial charge in [0.25, 0.3) is 0 Å². The van der Waals surface area contributed by atoms with E-state index in [-0.39, 0.29) is 0 Å². The fourth-order valence-electron chi connectivity index (χ4n) is 2.46. The summed E-state index contributed by atoms with van der Waals surface area (Å²) in [5, 5.41) is 7.83. The van der Waals surface area contributed by atoms with Gasteiger partial charge in [-0.05, 0) is 31.9 Å². The number of nitrogens with two attached hydrogens (primary N) is 1. The molecule has 0 aromatic carbocycles. The minimum atomic E-state index is 0.556. The quantitative estimate of drug-likeness (QED) is 0.809. The Labute approximate surface area is 100 Å². The summed E-state index contributed by atoms with van der Waals surface area (Å²) in [7, 11) is 0. The molecule has 0 aliphatic carbocycles. The molecule has 0 amide bonds. The largest absolute Gasteiger partial charge is 0.384 e. The molecule has 0 spiro atoms. The van der Waals surface area contributed by atoms with Gasteiger partial charge in [0.15, 0.2) is 5.65 Å². The van der Waals surface area contributed by atoms with E-state index < -0.39 is 0 Å². The second kappa shape index (κ2) is 4.33. The number of rotatable bonds is 2. The van der Waals surface area contributed by atoms with E-state index in [1.165, 1.54) is 24.8 Å². The average Bonchev–Trinajstić information content (AvgIpc) is 2.76. The number of hydrogen-bond donors (Lipinski definition) is 2. The maximum Gasteiger partial charge on any atom is 0.160 e. The van der Waals surface area contributed by atoms with Crippen molar-refractivity contribution >= 4 is 11.5 Å². The Kier molecular flexibility index (Phi) is 2.68. The lowest BCUT2D eigenvalue weighted by Gasteiger charge is -2.22. The van der Waals surface area contributed by atoms with Crippen molar-refractivity contribution in [1.82, 2.24) is 19.9 Å². The van der Waals surface area contributed by atoms with Crippen molar-refractivity contribution in [3.8, 4) is 0 Å². The van der Waals surface area contributed by atoms with Gasteiger partial charge in [-0.2, -0.15) is 9.61 Å². The third-order valence-electron chi connectivity index (χ3n) is 3.38. The topological polar surface area (TPSA) is 68.2 Å². The van der Waals surface area contributed by atoms with E-state index in [2.05, 4.69) is 15.4 Å². The van der Waals surface area contributed by atoms with Crippen LogP contribution in [-0.4, -0.2) is 27.2 Å². The molecule has 3 N–H and O–H groups in total. The second-order valence-corrected chi connectivity index (χ2v) is 4.63. The average molecular weight is 231 g/mol. The standard InChI is InChI=1S/C12H17N5/c13-11-4-6-15-12-9(8-16-17(11)12)7-10-3-1-2-5-14-10/h4,6,8,10,14H,1-3,5,7,13H2. The first-order valence-corrected chi connectivity index (χ1v) is 6.15. The van der Waals surface area contributed by atoms with Crippen LogP contribution in [0.15, 0.2) is 18.5 Å². The van der Waals surface area contributed by atoms with Crippen LogP contribution in [0.1, 0.15) is 24.8 Å². The van der Waals surface area contributed by atoms with Gasteiger partial charge in [-0.25, -0.2) is 4.98 Å². The van der Waals surface area contributed by atoms with Crippen LogP contribution < -0.4 is 11.1 Å². The van der Waals surface area contributed by atoms with Crippen LogP contribution in [0.4, 0.5) is 5.82 Å². The van der Waals surface area contributed by atoms with Crippen molar-refractivity contribution < 1.29 is 0 Å². The summed E-state index contributed by atoms with van der Waals surface area (Å²) in [5.41, 5.74) is 7.91.